The molecule has 44 heavy (non-hydrogen) atoms. The molecule has 2 fully saturated rings. The number of ether oxygens (including phenoxy) is 1. The summed E-state index contributed by atoms with van der Waals surface area (Å²) in [7, 11) is 2.93. The number of imidazole rings is 1. The summed E-state index contributed by atoms with van der Waals surface area (Å²) in [5, 5.41) is 2.81. The molecule has 4 heterocycles. The van der Waals surface area contributed by atoms with Gasteiger partial charge in [0.25, 0.3) is 5.92 Å². The number of Topliss-reactive ketones (excluding diaryl/α,β-unsaturated/α-hetero) is 1. The Balaban J connectivity index is 1.15. The molecule has 12 nitrogen and oxygen atoms in total. The lowest BCUT2D eigenvalue weighted by Crippen LogP contribution is -2.47. The molecule has 0 radical (unpaired) electrons. The highest BCUT2D eigenvalue weighted by Crippen LogP contribution is 2.64. The van der Waals surface area contributed by atoms with Crippen LogP contribution in [0.3, 0.4) is 0 Å². The molecular weight excluding hydrogens is 574 g/mol. The number of carbonyl (C=O) groups is 3. The van der Waals surface area contributed by atoms with Crippen molar-refractivity contribution in [1.29, 1.82) is 0 Å². The number of pyridine rings is 1. The minimum absolute atomic E-state index is 0.0351. The van der Waals surface area contributed by atoms with Gasteiger partial charge in [-0.25, -0.2) is 23.5 Å². The summed E-state index contributed by atoms with van der Waals surface area (Å²) in [6, 6.07) is 3.84. The number of aromatic nitrogens is 5. The van der Waals surface area contributed by atoms with Crippen molar-refractivity contribution in [1.82, 2.24) is 29.4 Å². The van der Waals surface area contributed by atoms with Crippen LogP contribution in [0.2, 0.25) is 0 Å². The fraction of sp³-hybridized carbons (Fsp3) is 0.433. The first-order valence-corrected chi connectivity index (χ1v) is 14.3. The zero-order valence-corrected chi connectivity index (χ0v) is 24.5. The van der Waals surface area contributed by atoms with Gasteiger partial charge in [-0.2, -0.15) is 0 Å². The lowest BCUT2D eigenvalue weighted by atomic mass is 9.87. The molecule has 230 valence electrons. The Morgan fingerprint density at radius 2 is 1.95 bits per heavy atom. The molecule has 0 saturated heterocycles. The number of urea groups is 1. The standard InChI is InChI=1S/C30H32F2N8O4/c1-16-26-27(38(3)29(43)39(16)13-19(41)14-44-4)35-15-40(26)17(2)28(42)37-25-7-5-6-22(36-25)24-12-33-23(11-34-24)18-8-9-20-21(10-18)30(20,31)32/h5-7,11-12,15,17-18,20-21H,1,8-10,13-14H2,2-4H3,(H,36,37,42)/t17-,18?,20?,21?/m0/s1. The van der Waals surface area contributed by atoms with Crippen molar-refractivity contribution in [3.63, 3.8) is 0 Å². The number of amides is 3. The molecule has 3 aliphatic rings. The molecule has 14 heteroatoms. The van der Waals surface area contributed by atoms with Gasteiger partial charge in [-0.3, -0.25) is 29.4 Å². The van der Waals surface area contributed by atoms with E-state index >= 15 is 0 Å². The molecule has 3 aromatic heterocycles. The second-order valence-corrected chi connectivity index (χ2v) is 11.5. The minimum Gasteiger partial charge on any atom is -0.377 e. The van der Waals surface area contributed by atoms with Crippen LogP contribution < -0.4 is 10.2 Å². The molecule has 2 saturated carbocycles. The number of hydrogen-bond acceptors (Lipinski definition) is 8. The van der Waals surface area contributed by atoms with Crippen molar-refractivity contribution in [2.45, 2.75) is 44.1 Å². The average Bonchev–Trinajstić information content (AvgIpc) is 3.33. The summed E-state index contributed by atoms with van der Waals surface area (Å²) in [4.78, 5) is 58.9. The first-order valence-electron chi connectivity index (χ1n) is 14.3. The minimum atomic E-state index is -2.54. The molecule has 1 N–H and O–H groups in total. The first kappa shape index (κ1) is 29.5. The number of hydrogen-bond donors (Lipinski definition) is 1. The lowest BCUT2D eigenvalue weighted by Gasteiger charge is -2.34. The molecular formula is C30H32F2N8O4. The molecule has 6 rings (SSSR count). The number of methoxy groups -OCH3 is 1. The largest absolute Gasteiger partial charge is 0.377 e. The summed E-state index contributed by atoms with van der Waals surface area (Å²) >= 11 is 0. The van der Waals surface area contributed by atoms with Gasteiger partial charge in [0.1, 0.15) is 29.9 Å². The maximum atomic E-state index is 13.8. The van der Waals surface area contributed by atoms with Crippen LogP contribution >= 0.6 is 0 Å². The van der Waals surface area contributed by atoms with Gasteiger partial charge in [-0.05, 0) is 38.3 Å². The van der Waals surface area contributed by atoms with Crippen molar-refractivity contribution in [3.05, 3.63) is 54.9 Å². The van der Waals surface area contributed by atoms with Gasteiger partial charge >= 0.3 is 6.03 Å². The third-order valence-electron chi connectivity index (χ3n) is 8.73. The maximum Gasteiger partial charge on any atom is 0.330 e. The Bertz CT molecular complexity index is 1640. The number of ketones is 1. The monoisotopic (exact) mass is 606 g/mol. The first-order chi connectivity index (χ1) is 21.0. The zero-order valence-electron chi connectivity index (χ0n) is 24.5. The third-order valence-corrected chi connectivity index (χ3v) is 8.73. The molecule has 0 aromatic carbocycles. The van der Waals surface area contributed by atoms with Crippen molar-refractivity contribution < 1.29 is 27.9 Å². The van der Waals surface area contributed by atoms with E-state index in [1.807, 2.05) is 0 Å². The molecule has 0 bridgehead atoms. The Morgan fingerprint density at radius 1 is 1.16 bits per heavy atom. The number of carbonyl (C=O) groups excluding carboxylic acids is 3. The van der Waals surface area contributed by atoms with E-state index in [4.69, 9.17) is 4.74 Å². The van der Waals surface area contributed by atoms with Crippen molar-refractivity contribution in [2.75, 3.05) is 37.5 Å². The predicted octanol–water partition coefficient (Wildman–Crippen LogP) is 4.14. The molecule has 3 aromatic rings. The van der Waals surface area contributed by atoms with Crippen LogP contribution in [0.25, 0.3) is 17.1 Å². The van der Waals surface area contributed by atoms with E-state index in [0.717, 1.165) is 0 Å². The number of nitrogens with one attached hydrogen (secondary N) is 1. The topological polar surface area (TPSA) is 135 Å². The predicted molar refractivity (Wildman–Crippen MR) is 156 cm³/mol. The zero-order chi connectivity index (χ0) is 31.3. The summed E-state index contributed by atoms with van der Waals surface area (Å²) in [6.45, 7) is 5.29. The van der Waals surface area contributed by atoms with Gasteiger partial charge in [0, 0.05) is 38.1 Å². The van der Waals surface area contributed by atoms with E-state index in [2.05, 4.69) is 31.8 Å². The molecule has 3 unspecified atom stereocenters. The maximum absolute atomic E-state index is 13.8. The summed E-state index contributed by atoms with van der Waals surface area (Å²) in [5.74, 6) is -3.72. The second-order valence-electron chi connectivity index (χ2n) is 11.5. The third kappa shape index (κ3) is 5.12. The van der Waals surface area contributed by atoms with Gasteiger partial charge in [0.15, 0.2) is 11.6 Å². The van der Waals surface area contributed by atoms with E-state index in [0.29, 0.717) is 47.9 Å². The number of rotatable bonds is 9. The molecule has 1 aliphatic heterocycles. The average molecular weight is 607 g/mol. The fourth-order valence-corrected chi connectivity index (χ4v) is 6.16. The highest BCUT2D eigenvalue weighted by molar-refractivity contribution is 6.05. The van der Waals surface area contributed by atoms with E-state index in [9.17, 15) is 23.2 Å². The van der Waals surface area contributed by atoms with Gasteiger partial charge < -0.3 is 14.6 Å². The number of alkyl halides is 2. The van der Waals surface area contributed by atoms with E-state index in [-0.39, 0.29) is 36.4 Å². The Kier molecular flexibility index (Phi) is 7.48. The van der Waals surface area contributed by atoms with Crippen LogP contribution in [0, 0.1) is 11.8 Å². The summed E-state index contributed by atoms with van der Waals surface area (Å²) in [6.07, 6.45) is 6.25. The number of fused-ring (bicyclic) bond motifs is 2. The highest BCUT2D eigenvalue weighted by atomic mass is 19.3. The van der Waals surface area contributed by atoms with E-state index in [1.165, 1.54) is 30.3 Å². The smallest absolute Gasteiger partial charge is 0.330 e. The summed E-state index contributed by atoms with van der Waals surface area (Å²) in [5.41, 5.74) is 2.34. The number of anilines is 2. The quantitative estimate of drug-likeness (QED) is 0.384. The van der Waals surface area contributed by atoms with Crippen LogP contribution in [0.15, 0.2) is 43.5 Å². The Hall–Kier alpha value is -4.59. The van der Waals surface area contributed by atoms with E-state index < -0.39 is 35.7 Å². The highest BCUT2D eigenvalue weighted by Gasteiger charge is 2.69. The van der Waals surface area contributed by atoms with Crippen LogP contribution in [-0.2, 0) is 14.3 Å². The number of nitrogens with zero attached hydrogens (tertiary/aromatic N) is 7. The number of halogens is 2. The van der Waals surface area contributed by atoms with Crippen molar-refractivity contribution in [3.8, 4) is 11.4 Å². The normalized spacial score (nSPS) is 22.7. The summed E-state index contributed by atoms with van der Waals surface area (Å²) < 4.78 is 34.1. The molecule has 0 spiro atoms. The lowest BCUT2D eigenvalue weighted by molar-refractivity contribution is -0.122. The van der Waals surface area contributed by atoms with E-state index in [1.54, 1.807) is 42.1 Å². The second kappa shape index (κ2) is 11.2. The fourth-order valence-electron chi connectivity index (χ4n) is 6.16. The van der Waals surface area contributed by atoms with Crippen molar-refractivity contribution in [2.24, 2.45) is 11.8 Å². The molecule has 2 aliphatic carbocycles. The van der Waals surface area contributed by atoms with Crippen LogP contribution in [-0.4, -0.2) is 80.4 Å². The Labute approximate surface area is 252 Å². The molecule has 3 amide bonds. The van der Waals surface area contributed by atoms with Gasteiger partial charge in [-0.1, -0.05) is 12.6 Å². The van der Waals surface area contributed by atoms with Crippen molar-refractivity contribution >= 4 is 35.1 Å². The van der Waals surface area contributed by atoms with Crippen LogP contribution in [0.5, 0.6) is 0 Å². The van der Waals surface area contributed by atoms with Gasteiger partial charge in [0.05, 0.1) is 36.2 Å². The van der Waals surface area contributed by atoms with Gasteiger partial charge in [0.2, 0.25) is 5.91 Å². The van der Waals surface area contributed by atoms with Gasteiger partial charge in [-0.15, -0.1) is 0 Å². The van der Waals surface area contributed by atoms with Crippen LogP contribution in [0.1, 0.15) is 49.5 Å². The molecule has 4 atom stereocenters. The SMILES string of the molecule is C=C1c2c(ncn2[C@@H](C)C(=O)Nc2cccc(-c3cnc(C4CCC5C(C4)C5(F)F)cn3)n2)N(C)C(=O)N1CC(=O)COC. The van der Waals surface area contributed by atoms with Crippen LogP contribution in [0.4, 0.5) is 25.2 Å². The Morgan fingerprint density at radius 3 is 2.66 bits per heavy atom.